The smallest absolute Gasteiger partial charge is 0.0237 e. The van der Waals surface area contributed by atoms with Gasteiger partial charge in [-0.05, 0) is 49.1 Å². The van der Waals surface area contributed by atoms with Crippen molar-refractivity contribution in [3.05, 3.63) is 34.4 Å². The summed E-state index contributed by atoms with van der Waals surface area (Å²) >= 11 is 0. The van der Waals surface area contributed by atoms with E-state index >= 15 is 0 Å². The Balaban J connectivity index is 2.15. The van der Waals surface area contributed by atoms with Crippen LogP contribution in [0.3, 0.4) is 0 Å². The third kappa shape index (κ3) is 3.58. The molecule has 0 amide bonds. The van der Waals surface area contributed by atoms with Gasteiger partial charge in [0.2, 0.25) is 0 Å². The lowest BCUT2D eigenvalue weighted by Crippen LogP contribution is -2.44. The average Bonchev–Trinajstić information content (AvgIpc) is 2.37. The van der Waals surface area contributed by atoms with Crippen LogP contribution < -0.4 is 0 Å². The number of piperazine rings is 1. The van der Waals surface area contributed by atoms with Crippen LogP contribution in [-0.2, 0) is 6.54 Å². The van der Waals surface area contributed by atoms with Gasteiger partial charge in [0.1, 0.15) is 0 Å². The molecule has 2 nitrogen and oxygen atoms in total. The maximum Gasteiger partial charge on any atom is 0.0237 e. The van der Waals surface area contributed by atoms with E-state index in [-0.39, 0.29) is 0 Å². The molecular formula is C17H28N2. The quantitative estimate of drug-likeness (QED) is 0.823. The molecule has 0 aromatic heterocycles. The molecule has 0 radical (unpaired) electrons. The van der Waals surface area contributed by atoms with Crippen LogP contribution in [0.5, 0.6) is 0 Å². The van der Waals surface area contributed by atoms with Gasteiger partial charge in [-0.25, -0.2) is 0 Å². The van der Waals surface area contributed by atoms with Gasteiger partial charge in [-0.3, -0.25) is 4.90 Å². The molecule has 1 aromatic rings. The maximum absolute atomic E-state index is 2.59. The van der Waals surface area contributed by atoms with Gasteiger partial charge < -0.3 is 4.90 Å². The average molecular weight is 260 g/mol. The number of likely N-dealkylation sites (N-methyl/N-ethyl adjacent to an activating group) is 1. The van der Waals surface area contributed by atoms with Gasteiger partial charge in [-0.1, -0.05) is 26.0 Å². The van der Waals surface area contributed by atoms with Gasteiger partial charge in [0.05, 0.1) is 0 Å². The van der Waals surface area contributed by atoms with Crippen molar-refractivity contribution < 1.29 is 0 Å². The summed E-state index contributed by atoms with van der Waals surface area (Å²) < 4.78 is 0. The summed E-state index contributed by atoms with van der Waals surface area (Å²) in [4.78, 5) is 5.00. The van der Waals surface area contributed by atoms with Crippen molar-refractivity contribution >= 4 is 0 Å². The Kier molecular flexibility index (Phi) is 4.64. The van der Waals surface area contributed by atoms with Crippen molar-refractivity contribution in [1.82, 2.24) is 9.80 Å². The molecule has 0 unspecified atom stereocenters. The maximum atomic E-state index is 2.59. The Bertz CT molecular complexity index is 429. The van der Waals surface area contributed by atoms with Crippen molar-refractivity contribution in [2.45, 2.75) is 40.2 Å². The highest BCUT2D eigenvalue weighted by molar-refractivity contribution is 5.38. The third-order valence-electron chi connectivity index (χ3n) is 4.45. The molecule has 1 aliphatic heterocycles. The lowest BCUT2D eigenvalue weighted by atomic mass is 9.94. The zero-order valence-corrected chi connectivity index (χ0v) is 13.2. The SMILES string of the molecule is Cc1cc(C(C)C)cc(CN2CCN(C)CC2)c1C. The van der Waals surface area contributed by atoms with E-state index in [9.17, 15) is 0 Å². The van der Waals surface area contributed by atoms with E-state index in [0.717, 1.165) is 6.54 Å². The predicted octanol–water partition coefficient (Wildman–Crippen LogP) is 3.17. The highest BCUT2D eigenvalue weighted by Gasteiger charge is 2.16. The standard InChI is InChI=1S/C17H28N2/c1-13(2)16-10-14(3)15(4)17(11-16)12-19-8-6-18(5)7-9-19/h10-11,13H,6-9,12H2,1-5H3. The van der Waals surface area contributed by atoms with Crippen LogP contribution in [0.4, 0.5) is 0 Å². The molecule has 19 heavy (non-hydrogen) atoms. The Labute approximate surface area is 118 Å². The van der Waals surface area contributed by atoms with Crippen LogP contribution in [0.25, 0.3) is 0 Å². The molecule has 1 saturated heterocycles. The Morgan fingerprint density at radius 1 is 1.05 bits per heavy atom. The zero-order valence-electron chi connectivity index (χ0n) is 13.2. The fourth-order valence-electron chi connectivity index (χ4n) is 2.71. The van der Waals surface area contributed by atoms with Gasteiger partial charge in [0.15, 0.2) is 0 Å². The van der Waals surface area contributed by atoms with Gasteiger partial charge in [-0.15, -0.1) is 0 Å². The highest BCUT2D eigenvalue weighted by atomic mass is 15.2. The van der Waals surface area contributed by atoms with Crippen LogP contribution in [0.1, 0.15) is 42.0 Å². The van der Waals surface area contributed by atoms with Gasteiger partial charge in [0, 0.05) is 32.7 Å². The van der Waals surface area contributed by atoms with E-state index in [1.165, 1.54) is 48.4 Å². The summed E-state index contributed by atoms with van der Waals surface area (Å²) in [6.45, 7) is 15.0. The van der Waals surface area contributed by atoms with Crippen molar-refractivity contribution in [2.24, 2.45) is 0 Å². The van der Waals surface area contributed by atoms with Crippen LogP contribution in [0.2, 0.25) is 0 Å². The second-order valence-electron chi connectivity index (χ2n) is 6.36. The van der Waals surface area contributed by atoms with Crippen LogP contribution in [-0.4, -0.2) is 43.0 Å². The molecule has 1 aromatic carbocycles. The molecule has 1 aliphatic rings. The lowest BCUT2D eigenvalue weighted by Gasteiger charge is -2.33. The Hall–Kier alpha value is -0.860. The molecule has 2 heteroatoms. The summed E-state index contributed by atoms with van der Waals surface area (Å²) in [5.41, 5.74) is 5.92. The Morgan fingerprint density at radius 2 is 1.68 bits per heavy atom. The summed E-state index contributed by atoms with van der Waals surface area (Å²) in [6.07, 6.45) is 0. The number of nitrogens with zero attached hydrogens (tertiary/aromatic N) is 2. The molecule has 0 spiro atoms. The van der Waals surface area contributed by atoms with E-state index in [1.807, 2.05) is 0 Å². The second-order valence-corrected chi connectivity index (χ2v) is 6.36. The fourth-order valence-corrected chi connectivity index (χ4v) is 2.71. The van der Waals surface area contributed by atoms with Crippen LogP contribution in [0, 0.1) is 13.8 Å². The topological polar surface area (TPSA) is 6.48 Å². The van der Waals surface area contributed by atoms with E-state index in [0.29, 0.717) is 5.92 Å². The van der Waals surface area contributed by atoms with E-state index in [4.69, 9.17) is 0 Å². The zero-order chi connectivity index (χ0) is 14.0. The first-order valence-corrected chi connectivity index (χ1v) is 7.48. The monoisotopic (exact) mass is 260 g/mol. The minimum Gasteiger partial charge on any atom is -0.304 e. The van der Waals surface area contributed by atoms with Gasteiger partial charge in [0.25, 0.3) is 0 Å². The number of rotatable bonds is 3. The van der Waals surface area contributed by atoms with Gasteiger partial charge in [-0.2, -0.15) is 0 Å². The first kappa shape index (κ1) is 14.5. The molecule has 0 saturated carbocycles. The van der Waals surface area contributed by atoms with Crippen molar-refractivity contribution in [2.75, 3.05) is 33.2 Å². The third-order valence-corrected chi connectivity index (χ3v) is 4.45. The van der Waals surface area contributed by atoms with Crippen LogP contribution in [0.15, 0.2) is 12.1 Å². The summed E-state index contributed by atoms with van der Waals surface area (Å²) in [5.74, 6) is 0.616. The molecule has 1 fully saturated rings. The minimum atomic E-state index is 0.616. The van der Waals surface area contributed by atoms with Crippen LogP contribution >= 0.6 is 0 Å². The number of hydrogen-bond acceptors (Lipinski definition) is 2. The van der Waals surface area contributed by atoms with Crippen molar-refractivity contribution in [1.29, 1.82) is 0 Å². The first-order chi connectivity index (χ1) is 8.97. The summed E-state index contributed by atoms with van der Waals surface area (Å²) in [5, 5.41) is 0. The molecule has 0 bridgehead atoms. The molecular weight excluding hydrogens is 232 g/mol. The highest BCUT2D eigenvalue weighted by Crippen LogP contribution is 2.23. The van der Waals surface area contributed by atoms with Crippen molar-refractivity contribution in [3.8, 4) is 0 Å². The van der Waals surface area contributed by atoms with E-state index < -0.39 is 0 Å². The van der Waals surface area contributed by atoms with E-state index in [1.54, 1.807) is 0 Å². The normalized spacial score (nSPS) is 18.2. The second kappa shape index (κ2) is 6.06. The molecule has 0 atom stereocenters. The number of benzene rings is 1. The molecule has 0 N–H and O–H groups in total. The molecule has 2 rings (SSSR count). The first-order valence-electron chi connectivity index (χ1n) is 7.48. The summed E-state index contributed by atoms with van der Waals surface area (Å²) in [7, 11) is 2.21. The lowest BCUT2D eigenvalue weighted by molar-refractivity contribution is 0.148. The molecule has 106 valence electrons. The summed E-state index contributed by atoms with van der Waals surface area (Å²) in [6, 6.07) is 4.78. The van der Waals surface area contributed by atoms with Crippen molar-refractivity contribution in [3.63, 3.8) is 0 Å². The number of hydrogen-bond donors (Lipinski definition) is 0. The number of aryl methyl sites for hydroxylation is 1. The minimum absolute atomic E-state index is 0.616. The predicted molar refractivity (Wildman–Crippen MR) is 82.8 cm³/mol. The largest absolute Gasteiger partial charge is 0.304 e. The molecule has 1 heterocycles. The Morgan fingerprint density at radius 3 is 2.26 bits per heavy atom. The fraction of sp³-hybridized carbons (Fsp3) is 0.647. The van der Waals surface area contributed by atoms with E-state index in [2.05, 4.69) is 56.7 Å². The molecule has 0 aliphatic carbocycles. The van der Waals surface area contributed by atoms with Gasteiger partial charge >= 0.3 is 0 Å².